The van der Waals surface area contributed by atoms with Crippen LogP contribution in [-0.4, -0.2) is 18.6 Å². The highest BCUT2D eigenvalue weighted by molar-refractivity contribution is 5.65. The van der Waals surface area contributed by atoms with Gasteiger partial charge in [-0.3, -0.25) is 0 Å². The molecule has 17 heavy (non-hydrogen) atoms. The first kappa shape index (κ1) is 12.0. The van der Waals surface area contributed by atoms with E-state index in [4.69, 9.17) is 11.6 Å². The second-order valence-electron chi connectivity index (χ2n) is 4.52. The average Bonchev–Trinajstić information content (AvgIpc) is 2.29. The molecule has 1 aromatic rings. The van der Waals surface area contributed by atoms with Crippen LogP contribution < -0.4 is 16.9 Å². The molecule has 0 aliphatic carbocycles. The van der Waals surface area contributed by atoms with Gasteiger partial charge in [0.05, 0.1) is 5.70 Å². The smallest absolute Gasteiger partial charge is 0.0740 e. The van der Waals surface area contributed by atoms with E-state index in [1.807, 2.05) is 0 Å². The lowest BCUT2D eigenvalue weighted by Gasteiger charge is -2.23. The summed E-state index contributed by atoms with van der Waals surface area (Å²) in [5.74, 6) is 5.78. The summed E-state index contributed by atoms with van der Waals surface area (Å²) in [7, 11) is 1.80. The number of benzene rings is 1. The molecule has 5 N–H and O–H groups in total. The molecular formula is C13H20N4. The fraction of sp³-hybridized carbons (Fsp3) is 0.385. The highest BCUT2D eigenvalue weighted by Crippen LogP contribution is 2.24. The van der Waals surface area contributed by atoms with Crippen molar-refractivity contribution in [1.82, 2.24) is 10.3 Å². The number of hydrogen-bond donors (Lipinski definition) is 3. The Kier molecular flexibility index (Phi) is 3.36. The quantitative estimate of drug-likeness (QED) is 0.519. The van der Waals surface area contributed by atoms with Gasteiger partial charge in [0.1, 0.15) is 0 Å². The number of nitrogens with zero attached hydrogens (tertiary/aromatic N) is 1. The van der Waals surface area contributed by atoms with Crippen LogP contribution in [0.5, 0.6) is 0 Å². The summed E-state index contributed by atoms with van der Waals surface area (Å²) in [6.45, 7) is 4.14. The SMILES string of the molecule is Cc1cc(/C(=C/N)N(C)N)cc2c1CNCC2. The Hall–Kier alpha value is -1.52. The van der Waals surface area contributed by atoms with Crippen LogP contribution >= 0.6 is 0 Å². The predicted molar refractivity (Wildman–Crippen MR) is 70.7 cm³/mol. The van der Waals surface area contributed by atoms with Crippen LogP contribution in [0.1, 0.15) is 22.3 Å². The van der Waals surface area contributed by atoms with E-state index in [0.717, 1.165) is 30.8 Å². The van der Waals surface area contributed by atoms with Gasteiger partial charge >= 0.3 is 0 Å². The molecule has 0 atom stereocenters. The fourth-order valence-corrected chi connectivity index (χ4v) is 2.37. The molecule has 0 aromatic heterocycles. The highest BCUT2D eigenvalue weighted by Gasteiger charge is 2.14. The maximum absolute atomic E-state index is 5.78. The van der Waals surface area contributed by atoms with Crippen molar-refractivity contribution in [1.29, 1.82) is 0 Å². The molecule has 0 spiro atoms. The molecule has 1 heterocycles. The number of rotatable bonds is 2. The zero-order valence-electron chi connectivity index (χ0n) is 10.5. The molecule has 0 unspecified atom stereocenters. The Bertz CT molecular complexity index is 449. The van der Waals surface area contributed by atoms with Crippen LogP contribution in [0.2, 0.25) is 0 Å². The molecule has 2 rings (SSSR count). The first-order valence-electron chi connectivity index (χ1n) is 5.87. The van der Waals surface area contributed by atoms with Gasteiger partial charge in [-0.15, -0.1) is 0 Å². The number of aryl methyl sites for hydroxylation is 1. The van der Waals surface area contributed by atoms with Crippen LogP contribution in [0.25, 0.3) is 5.70 Å². The van der Waals surface area contributed by atoms with Crippen molar-refractivity contribution in [2.75, 3.05) is 13.6 Å². The van der Waals surface area contributed by atoms with Gasteiger partial charge in [0.2, 0.25) is 0 Å². The zero-order valence-corrected chi connectivity index (χ0v) is 10.5. The molecule has 0 fully saturated rings. The fourth-order valence-electron chi connectivity index (χ4n) is 2.37. The van der Waals surface area contributed by atoms with Gasteiger partial charge in [-0.2, -0.15) is 0 Å². The van der Waals surface area contributed by atoms with Crippen molar-refractivity contribution in [2.45, 2.75) is 19.9 Å². The predicted octanol–water partition coefficient (Wildman–Crippen LogP) is 0.703. The number of hydrazine groups is 1. The number of fused-ring (bicyclic) bond motifs is 1. The van der Waals surface area contributed by atoms with E-state index in [1.165, 1.54) is 16.7 Å². The average molecular weight is 232 g/mol. The van der Waals surface area contributed by atoms with Crippen molar-refractivity contribution < 1.29 is 0 Å². The van der Waals surface area contributed by atoms with E-state index in [-0.39, 0.29) is 0 Å². The minimum atomic E-state index is 0.856. The Morgan fingerprint density at radius 1 is 1.47 bits per heavy atom. The molecule has 0 amide bonds. The van der Waals surface area contributed by atoms with Crippen molar-refractivity contribution in [3.8, 4) is 0 Å². The molecule has 0 radical (unpaired) electrons. The number of nitrogens with one attached hydrogen (secondary N) is 1. The monoisotopic (exact) mass is 232 g/mol. The van der Waals surface area contributed by atoms with Crippen LogP contribution in [0, 0.1) is 6.92 Å². The normalized spacial score (nSPS) is 15.6. The third-order valence-electron chi connectivity index (χ3n) is 3.27. The first-order chi connectivity index (χ1) is 8.13. The van der Waals surface area contributed by atoms with Crippen molar-refractivity contribution in [3.63, 3.8) is 0 Å². The van der Waals surface area contributed by atoms with Gasteiger partial charge in [-0.05, 0) is 48.7 Å². The summed E-state index contributed by atoms with van der Waals surface area (Å²) in [4.78, 5) is 0. The van der Waals surface area contributed by atoms with Crippen molar-refractivity contribution in [2.24, 2.45) is 11.6 Å². The third-order valence-corrected chi connectivity index (χ3v) is 3.27. The summed E-state index contributed by atoms with van der Waals surface area (Å²) in [5, 5.41) is 4.95. The molecule has 4 heteroatoms. The molecule has 0 saturated carbocycles. The maximum atomic E-state index is 5.78. The Balaban J connectivity index is 2.47. The van der Waals surface area contributed by atoms with E-state index < -0.39 is 0 Å². The lowest BCUT2D eigenvalue weighted by Crippen LogP contribution is -2.27. The molecule has 92 valence electrons. The second-order valence-corrected chi connectivity index (χ2v) is 4.52. The summed E-state index contributed by atoms with van der Waals surface area (Å²) in [6, 6.07) is 4.35. The summed E-state index contributed by atoms with van der Waals surface area (Å²) < 4.78 is 0. The lowest BCUT2D eigenvalue weighted by atomic mass is 9.93. The molecule has 1 aliphatic rings. The number of hydrogen-bond acceptors (Lipinski definition) is 4. The molecular weight excluding hydrogens is 212 g/mol. The standard InChI is InChI=1S/C13H20N4/c1-9-5-11(13(7-14)17(2)15)6-10-3-4-16-8-12(9)10/h5-7,16H,3-4,8,14-15H2,1-2H3/b13-7-. The maximum Gasteiger partial charge on any atom is 0.0740 e. The summed E-state index contributed by atoms with van der Waals surface area (Å²) in [6.07, 6.45) is 2.62. The first-order valence-corrected chi connectivity index (χ1v) is 5.87. The third kappa shape index (κ3) is 2.28. The molecule has 1 aromatic carbocycles. The minimum absolute atomic E-state index is 0.856. The van der Waals surface area contributed by atoms with Crippen LogP contribution in [0.4, 0.5) is 0 Å². The molecule has 1 aliphatic heterocycles. The Labute approximate surface area is 102 Å². The van der Waals surface area contributed by atoms with Crippen molar-refractivity contribution >= 4 is 5.70 Å². The van der Waals surface area contributed by atoms with Gasteiger partial charge in [-0.25, -0.2) is 5.84 Å². The van der Waals surface area contributed by atoms with Crippen LogP contribution in [0.3, 0.4) is 0 Å². The Morgan fingerprint density at radius 2 is 2.24 bits per heavy atom. The second kappa shape index (κ2) is 4.77. The van der Waals surface area contributed by atoms with Gasteiger partial charge < -0.3 is 16.1 Å². The largest absolute Gasteiger partial charge is 0.403 e. The highest BCUT2D eigenvalue weighted by atomic mass is 15.4. The van der Waals surface area contributed by atoms with Crippen LogP contribution in [0.15, 0.2) is 18.3 Å². The molecule has 0 bridgehead atoms. The van der Waals surface area contributed by atoms with Crippen LogP contribution in [-0.2, 0) is 13.0 Å². The number of nitrogens with two attached hydrogens (primary N) is 2. The summed E-state index contributed by atoms with van der Waals surface area (Å²) >= 11 is 0. The van der Waals surface area contributed by atoms with E-state index in [0.29, 0.717) is 0 Å². The van der Waals surface area contributed by atoms with Gasteiger partial charge in [0.25, 0.3) is 0 Å². The zero-order chi connectivity index (χ0) is 12.4. The van der Waals surface area contributed by atoms with Gasteiger partial charge in [0, 0.05) is 25.4 Å². The summed E-state index contributed by atoms with van der Waals surface area (Å²) in [5.41, 5.74) is 11.7. The molecule has 0 saturated heterocycles. The Morgan fingerprint density at radius 3 is 2.88 bits per heavy atom. The van der Waals surface area contributed by atoms with E-state index in [1.54, 1.807) is 18.3 Å². The minimum Gasteiger partial charge on any atom is -0.403 e. The van der Waals surface area contributed by atoms with Gasteiger partial charge in [0.15, 0.2) is 0 Å². The lowest BCUT2D eigenvalue weighted by molar-refractivity contribution is 0.509. The van der Waals surface area contributed by atoms with E-state index >= 15 is 0 Å². The topological polar surface area (TPSA) is 67.3 Å². The van der Waals surface area contributed by atoms with Gasteiger partial charge in [-0.1, -0.05) is 0 Å². The van der Waals surface area contributed by atoms with E-state index in [9.17, 15) is 0 Å². The van der Waals surface area contributed by atoms with E-state index in [2.05, 4.69) is 24.4 Å². The van der Waals surface area contributed by atoms with Crippen molar-refractivity contribution in [3.05, 3.63) is 40.6 Å². The molecule has 4 nitrogen and oxygen atoms in total.